The number of hydrogen-bond donors (Lipinski definition) is 3. The van der Waals surface area contributed by atoms with E-state index < -0.39 is 11.4 Å². The Morgan fingerprint density at radius 1 is 1.42 bits per heavy atom. The molecule has 0 bridgehead atoms. The Hall–Kier alpha value is -1.75. The van der Waals surface area contributed by atoms with Crippen LogP contribution in [-0.2, 0) is 10.3 Å². The quantitative estimate of drug-likeness (QED) is 0.758. The first-order valence-electron chi connectivity index (χ1n) is 6.66. The van der Waals surface area contributed by atoms with Gasteiger partial charge in [0.2, 0.25) is 5.91 Å². The zero-order valence-corrected chi connectivity index (χ0v) is 10.7. The highest BCUT2D eigenvalue weighted by Crippen LogP contribution is 2.40. The van der Waals surface area contributed by atoms with Crippen LogP contribution >= 0.6 is 0 Å². The summed E-state index contributed by atoms with van der Waals surface area (Å²) >= 11 is 0. The van der Waals surface area contributed by atoms with Gasteiger partial charge in [0, 0.05) is 17.7 Å². The molecule has 1 aliphatic heterocycles. The van der Waals surface area contributed by atoms with Crippen molar-refractivity contribution in [3.63, 3.8) is 0 Å². The summed E-state index contributed by atoms with van der Waals surface area (Å²) in [4.78, 5) is 12.0. The van der Waals surface area contributed by atoms with Gasteiger partial charge in [0.25, 0.3) is 0 Å². The number of aromatic hydroxyl groups is 1. The number of carbonyl (C=O) groups is 1. The van der Waals surface area contributed by atoms with Crippen molar-refractivity contribution in [1.29, 1.82) is 0 Å². The second-order valence-electron chi connectivity index (χ2n) is 5.36. The minimum absolute atomic E-state index is 0.125. The fourth-order valence-corrected chi connectivity index (χ4v) is 3.06. The standard InChI is InChI=1S/C14H18N2O3/c15-13(18)14(16-9-3-1-2-4-9)8-19-12-7-10(17)5-6-11(12)14/h5-7,9,16-17H,1-4,8H2,(H2,15,18). The van der Waals surface area contributed by atoms with Gasteiger partial charge in [0.05, 0.1) is 0 Å². The Morgan fingerprint density at radius 3 is 2.84 bits per heavy atom. The molecule has 0 radical (unpaired) electrons. The maximum absolute atomic E-state index is 12.0. The van der Waals surface area contributed by atoms with Crippen LogP contribution in [0.1, 0.15) is 31.2 Å². The summed E-state index contributed by atoms with van der Waals surface area (Å²) in [7, 11) is 0. The molecule has 19 heavy (non-hydrogen) atoms. The van der Waals surface area contributed by atoms with E-state index in [4.69, 9.17) is 10.5 Å². The van der Waals surface area contributed by atoms with Crippen LogP contribution in [0.3, 0.4) is 0 Å². The molecular weight excluding hydrogens is 244 g/mol. The Bertz CT molecular complexity index is 511. The van der Waals surface area contributed by atoms with Crippen molar-refractivity contribution in [2.24, 2.45) is 5.73 Å². The Balaban J connectivity index is 1.97. The molecule has 0 spiro atoms. The predicted molar refractivity (Wildman–Crippen MR) is 69.9 cm³/mol. The van der Waals surface area contributed by atoms with E-state index in [0.29, 0.717) is 11.8 Å². The summed E-state index contributed by atoms with van der Waals surface area (Å²) in [6.45, 7) is 0.192. The van der Waals surface area contributed by atoms with E-state index in [-0.39, 0.29) is 12.4 Å². The van der Waals surface area contributed by atoms with E-state index in [1.807, 2.05) is 0 Å². The average Bonchev–Trinajstić information content (AvgIpc) is 2.98. The van der Waals surface area contributed by atoms with Gasteiger partial charge < -0.3 is 15.6 Å². The lowest BCUT2D eigenvalue weighted by Crippen LogP contribution is -2.56. The lowest BCUT2D eigenvalue weighted by atomic mass is 9.90. The number of carbonyl (C=O) groups excluding carboxylic acids is 1. The molecule has 3 rings (SSSR count). The number of rotatable bonds is 3. The molecule has 1 aromatic rings. The molecule has 102 valence electrons. The zero-order chi connectivity index (χ0) is 13.5. The molecule has 1 aliphatic carbocycles. The number of phenols is 1. The summed E-state index contributed by atoms with van der Waals surface area (Å²) in [5.74, 6) is 0.230. The third-order valence-corrected chi connectivity index (χ3v) is 4.10. The fraction of sp³-hybridized carbons (Fsp3) is 0.500. The van der Waals surface area contributed by atoms with Crippen LogP contribution in [0.2, 0.25) is 0 Å². The zero-order valence-electron chi connectivity index (χ0n) is 10.7. The number of nitrogens with two attached hydrogens (primary N) is 1. The lowest BCUT2D eigenvalue weighted by molar-refractivity contribution is -0.125. The summed E-state index contributed by atoms with van der Waals surface area (Å²) in [5, 5.41) is 12.9. The monoisotopic (exact) mass is 262 g/mol. The fourth-order valence-electron chi connectivity index (χ4n) is 3.06. The number of fused-ring (bicyclic) bond motifs is 1. The number of benzene rings is 1. The number of phenolic OH excluding ortho intramolecular Hbond substituents is 1. The normalized spacial score (nSPS) is 26.1. The highest BCUT2D eigenvalue weighted by molar-refractivity contribution is 5.88. The SMILES string of the molecule is NC(=O)C1(NC2CCCC2)COc2cc(O)ccc21. The number of amides is 1. The summed E-state index contributed by atoms with van der Waals surface area (Å²) < 4.78 is 5.54. The summed E-state index contributed by atoms with van der Waals surface area (Å²) in [5.41, 5.74) is 5.39. The molecule has 1 atom stereocenters. The van der Waals surface area contributed by atoms with Gasteiger partial charge in [0.15, 0.2) is 5.54 Å². The molecule has 1 amide bonds. The van der Waals surface area contributed by atoms with Crippen LogP contribution in [0.15, 0.2) is 18.2 Å². The minimum atomic E-state index is -0.960. The van der Waals surface area contributed by atoms with Gasteiger partial charge in [-0.2, -0.15) is 0 Å². The molecule has 5 heteroatoms. The Kier molecular flexibility index (Phi) is 2.86. The minimum Gasteiger partial charge on any atom is -0.508 e. The highest BCUT2D eigenvalue weighted by Gasteiger charge is 2.47. The number of ether oxygens (including phenoxy) is 1. The van der Waals surface area contributed by atoms with E-state index in [2.05, 4.69) is 5.32 Å². The van der Waals surface area contributed by atoms with Gasteiger partial charge >= 0.3 is 0 Å². The lowest BCUT2D eigenvalue weighted by Gasteiger charge is -2.29. The van der Waals surface area contributed by atoms with Crippen molar-refractivity contribution in [1.82, 2.24) is 5.32 Å². The van der Waals surface area contributed by atoms with E-state index >= 15 is 0 Å². The smallest absolute Gasteiger partial charge is 0.246 e. The van der Waals surface area contributed by atoms with Crippen LogP contribution in [0.25, 0.3) is 0 Å². The van der Waals surface area contributed by atoms with Crippen molar-refractivity contribution >= 4 is 5.91 Å². The molecule has 2 aliphatic rings. The summed E-state index contributed by atoms with van der Waals surface area (Å²) in [6, 6.07) is 5.10. The van der Waals surface area contributed by atoms with Crippen molar-refractivity contribution in [2.45, 2.75) is 37.3 Å². The Morgan fingerprint density at radius 2 is 2.16 bits per heavy atom. The van der Waals surface area contributed by atoms with Crippen LogP contribution in [-0.4, -0.2) is 23.7 Å². The largest absolute Gasteiger partial charge is 0.508 e. The van der Waals surface area contributed by atoms with E-state index in [1.165, 1.54) is 18.9 Å². The molecule has 4 N–H and O–H groups in total. The number of nitrogens with one attached hydrogen (secondary N) is 1. The molecule has 0 saturated heterocycles. The first kappa shape index (κ1) is 12.3. The number of hydrogen-bond acceptors (Lipinski definition) is 4. The molecule has 1 saturated carbocycles. The van der Waals surface area contributed by atoms with Gasteiger partial charge in [-0.1, -0.05) is 12.8 Å². The van der Waals surface area contributed by atoms with Crippen molar-refractivity contribution in [3.8, 4) is 11.5 Å². The first-order chi connectivity index (χ1) is 9.12. The molecule has 5 nitrogen and oxygen atoms in total. The van der Waals surface area contributed by atoms with E-state index in [0.717, 1.165) is 18.4 Å². The molecule has 1 aromatic carbocycles. The predicted octanol–water partition coefficient (Wildman–Crippen LogP) is 0.997. The third-order valence-electron chi connectivity index (χ3n) is 4.10. The van der Waals surface area contributed by atoms with Crippen LogP contribution in [0.4, 0.5) is 0 Å². The molecule has 1 heterocycles. The van der Waals surface area contributed by atoms with E-state index in [1.54, 1.807) is 12.1 Å². The van der Waals surface area contributed by atoms with Crippen molar-refractivity contribution in [3.05, 3.63) is 23.8 Å². The molecular formula is C14H18N2O3. The highest BCUT2D eigenvalue weighted by atomic mass is 16.5. The Labute approximate surface area is 111 Å². The van der Waals surface area contributed by atoms with Crippen molar-refractivity contribution < 1.29 is 14.6 Å². The van der Waals surface area contributed by atoms with Gasteiger partial charge in [-0.25, -0.2) is 0 Å². The van der Waals surface area contributed by atoms with Crippen molar-refractivity contribution in [2.75, 3.05) is 6.61 Å². The maximum Gasteiger partial charge on any atom is 0.246 e. The van der Waals surface area contributed by atoms with Crippen LogP contribution in [0, 0.1) is 0 Å². The number of primary amides is 1. The van der Waals surface area contributed by atoms with Gasteiger partial charge in [0.1, 0.15) is 18.1 Å². The van der Waals surface area contributed by atoms with Gasteiger partial charge in [-0.05, 0) is 25.0 Å². The second kappa shape index (κ2) is 4.42. The topological polar surface area (TPSA) is 84.6 Å². The maximum atomic E-state index is 12.0. The molecule has 0 aromatic heterocycles. The van der Waals surface area contributed by atoms with Crippen LogP contribution in [0.5, 0.6) is 11.5 Å². The first-order valence-corrected chi connectivity index (χ1v) is 6.66. The molecule has 1 fully saturated rings. The third kappa shape index (κ3) is 1.94. The van der Waals surface area contributed by atoms with Gasteiger partial charge in [-0.3, -0.25) is 10.1 Å². The molecule has 1 unspecified atom stereocenters. The summed E-state index contributed by atoms with van der Waals surface area (Å²) in [6.07, 6.45) is 4.47. The average molecular weight is 262 g/mol. The second-order valence-corrected chi connectivity index (χ2v) is 5.36. The van der Waals surface area contributed by atoms with E-state index in [9.17, 15) is 9.90 Å². The van der Waals surface area contributed by atoms with Gasteiger partial charge in [-0.15, -0.1) is 0 Å². The van der Waals surface area contributed by atoms with Crippen LogP contribution < -0.4 is 15.8 Å².